The lowest BCUT2D eigenvalue weighted by molar-refractivity contribution is 0.487. The zero-order valence-corrected chi connectivity index (χ0v) is 10.0. The fourth-order valence-electron chi connectivity index (χ4n) is 2.26. The minimum Gasteiger partial charge on any atom is -0.312 e. The highest BCUT2D eigenvalue weighted by molar-refractivity contribution is 6.20. The maximum absolute atomic E-state index is 13.3. The van der Waals surface area contributed by atoms with E-state index in [0.717, 1.165) is 18.5 Å². The third-order valence-corrected chi connectivity index (χ3v) is 3.82. The van der Waals surface area contributed by atoms with Gasteiger partial charge in [-0.1, -0.05) is 24.6 Å². The van der Waals surface area contributed by atoms with Gasteiger partial charge in [0.2, 0.25) is 0 Å². The molecule has 1 fully saturated rings. The third kappa shape index (κ3) is 2.96. The molecule has 1 aliphatic rings. The van der Waals surface area contributed by atoms with Crippen molar-refractivity contribution in [1.82, 2.24) is 5.32 Å². The Morgan fingerprint density at radius 2 is 2.12 bits per heavy atom. The topological polar surface area (TPSA) is 12.0 Å². The van der Waals surface area contributed by atoms with Gasteiger partial charge in [-0.15, -0.1) is 11.6 Å². The molecule has 1 nitrogen and oxygen atoms in total. The first-order chi connectivity index (χ1) is 7.77. The van der Waals surface area contributed by atoms with Crippen molar-refractivity contribution >= 4 is 11.6 Å². The lowest BCUT2D eigenvalue weighted by Crippen LogP contribution is -2.25. The molecule has 2 rings (SSSR count). The Balaban J connectivity index is 1.78. The van der Waals surface area contributed by atoms with Crippen molar-refractivity contribution in [3.8, 4) is 0 Å². The fraction of sp³-hybridized carbons (Fsp3) is 0.538. The van der Waals surface area contributed by atoms with Gasteiger partial charge in [0.15, 0.2) is 0 Å². The van der Waals surface area contributed by atoms with E-state index in [4.69, 9.17) is 11.6 Å². The van der Waals surface area contributed by atoms with Gasteiger partial charge in [0, 0.05) is 17.5 Å². The van der Waals surface area contributed by atoms with Gasteiger partial charge in [0.1, 0.15) is 5.82 Å². The average Bonchev–Trinajstić information content (AvgIpc) is 2.67. The van der Waals surface area contributed by atoms with Gasteiger partial charge in [-0.2, -0.15) is 0 Å². The van der Waals surface area contributed by atoms with Crippen LogP contribution in [-0.2, 0) is 6.54 Å². The van der Waals surface area contributed by atoms with Crippen LogP contribution in [0, 0.1) is 11.7 Å². The highest BCUT2D eigenvalue weighted by atomic mass is 35.5. The number of benzene rings is 1. The van der Waals surface area contributed by atoms with Crippen LogP contribution in [0.4, 0.5) is 4.39 Å². The van der Waals surface area contributed by atoms with E-state index in [-0.39, 0.29) is 5.82 Å². The first-order valence-corrected chi connectivity index (χ1v) is 6.29. The Morgan fingerprint density at radius 1 is 1.31 bits per heavy atom. The Labute approximate surface area is 101 Å². The molecule has 88 valence electrons. The number of halogens is 2. The van der Waals surface area contributed by atoms with Crippen molar-refractivity contribution < 1.29 is 4.39 Å². The van der Waals surface area contributed by atoms with Crippen LogP contribution >= 0.6 is 11.6 Å². The van der Waals surface area contributed by atoms with Crippen molar-refractivity contribution in [2.24, 2.45) is 5.92 Å². The summed E-state index contributed by atoms with van der Waals surface area (Å²) in [5.41, 5.74) is 0.728. The smallest absolute Gasteiger partial charge is 0.127 e. The summed E-state index contributed by atoms with van der Waals surface area (Å²) in [7, 11) is 0. The van der Waals surface area contributed by atoms with Crippen LogP contribution in [-0.4, -0.2) is 11.9 Å². The van der Waals surface area contributed by atoms with E-state index >= 15 is 0 Å². The minimum atomic E-state index is -0.135. The summed E-state index contributed by atoms with van der Waals surface area (Å²) in [6, 6.07) is 6.89. The third-order valence-electron chi connectivity index (χ3n) is 3.25. The number of alkyl halides is 1. The summed E-state index contributed by atoms with van der Waals surface area (Å²) in [5.74, 6) is 0.414. The summed E-state index contributed by atoms with van der Waals surface area (Å²) < 4.78 is 13.3. The van der Waals surface area contributed by atoms with Gasteiger partial charge >= 0.3 is 0 Å². The van der Waals surface area contributed by atoms with Gasteiger partial charge in [0.25, 0.3) is 0 Å². The van der Waals surface area contributed by atoms with Crippen LogP contribution in [0.5, 0.6) is 0 Å². The molecule has 2 atom stereocenters. The monoisotopic (exact) mass is 241 g/mol. The molecule has 16 heavy (non-hydrogen) atoms. The maximum Gasteiger partial charge on any atom is 0.127 e. The fourth-order valence-corrected chi connectivity index (χ4v) is 2.62. The Hall–Kier alpha value is -0.600. The summed E-state index contributed by atoms with van der Waals surface area (Å²) >= 11 is 6.18. The van der Waals surface area contributed by atoms with Crippen molar-refractivity contribution in [1.29, 1.82) is 0 Å². The molecule has 0 radical (unpaired) electrons. The van der Waals surface area contributed by atoms with E-state index in [1.165, 1.54) is 18.9 Å². The highest BCUT2D eigenvalue weighted by Crippen LogP contribution is 2.29. The van der Waals surface area contributed by atoms with Gasteiger partial charge in [-0.05, 0) is 31.4 Å². The van der Waals surface area contributed by atoms with E-state index < -0.39 is 0 Å². The zero-order valence-electron chi connectivity index (χ0n) is 9.26. The van der Waals surface area contributed by atoms with E-state index in [1.807, 2.05) is 12.1 Å². The maximum atomic E-state index is 13.3. The SMILES string of the molecule is Fc1ccccc1CNCC1CCCC1Cl. The predicted molar refractivity (Wildman–Crippen MR) is 65.1 cm³/mol. The van der Waals surface area contributed by atoms with Crippen molar-refractivity contribution in [3.05, 3.63) is 35.6 Å². The number of hydrogen-bond donors (Lipinski definition) is 1. The molecule has 1 aliphatic carbocycles. The minimum absolute atomic E-state index is 0.135. The molecule has 0 bridgehead atoms. The quantitative estimate of drug-likeness (QED) is 0.798. The van der Waals surface area contributed by atoms with Gasteiger partial charge < -0.3 is 5.32 Å². The van der Waals surface area contributed by atoms with Crippen LogP contribution in [0.3, 0.4) is 0 Å². The first-order valence-electron chi connectivity index (χ1n) is 5.85. The van der Waals surface area contributed by atoms with E-state index in [9.17, 15) is 4.39 Å². The highest BCUT2D eigenvalue weighted by Gasteiger charge is 2.24. The lowest BCUT2D eigenvalue weighted by Gasteiger charge is -2.14. The molecule has 0 amide bonds. The molecule has 3 heteroatoms. The van der Waals surface area contributed by atoms with Crippen LogP contribution in [0.1, 0.15) is 24.8 Å². The molecule has 1 saturated carbocycles. The average molecular weight is 242 g/mol. The zero-order chi connectivity index (χ0) is 11.4. The second-order valence-corrected chi connectivity index (χ2v) is 4.99. The molecule has 0 aliphatic heterocycles. The summed E-state index contributed by atoms with van der Waals surface area (Å²) in [5, 5.41) is 3.59. The number of rotatable bonds is 4. The van der Waals surface area contributed by atoms with Crippen LogP contribution in [0.25, 0.3) is 0 Å². The molecule has 1 aromatic carbocycles. The van der Waals surface area contributed by atoms with Crippen molar-refractivity contribution in [3.63, 3.8) is 0 Å². The molecule has 1 aromatic rings. The molecule has 0 saturated heterocycles. The molecular formula is C13H17ClFN. The number of nitrogens with one attached hydrogen (secondary N) is 1. The van der Waals surface area contributed by atoms with E-state index in [0.29, 0.717) is 17.8 Å². The summed E-state index contributed by atoms with van der Waals surface area (Å²) in [6.07, 6.45) is 3.53. The molecule has 0 aromatic heterocycles. The Morgan fingerprint density at radius 3 is 2.81 bits per heavy atom. The second-order valence-electron chi connectivity index (χ2n) is 4.43. The molecule has 2 unspecified atom stereocenters. The molecule has 0 spiro atoms. The lowest BCUT2D eigenvalue weighted by atomic mass is 10.1. The van der Waals surface area contributed by atoms with Gasteiger partial charge in [-0.3, -0.25) is 0 Å². The van der Waals surface area contributed by atoms with Gasteiger partial charge in [0.05, 0.1) is 0 Å². The largest absolute Gasteiger partial charge is 0.312 e. The molecule has 0 heterocycles. The van der Waals surface area contributed by atoms with Crippen molar-refractivity contribution in [2.45, 2.75) is 31.2 Å². The summed E-state index contributed by atoms with van der Waals surface area (Å²) in [4.78, 5) is 0. The molecular weight excluding hydrogens is 225 g/mol. The van der Waals surface area contributed by atoms with Crippen LogP contribution in [0.2, 0.25) is 0 Å². The molecule has 1 N–H and O–H groups in total. The van der Waals surface area contributed by atoms with Crippen LogP contribution in [0.15, 0.2) is 24.3 Å². The Kier molecular flexibility index (Phi) is 4.19. The van der Waals surface area contributed by atoms with Crippen LogP contribution < -0.4 is 5.32 Å². The standard InChI is InChI=1S/C13H17ClFN/c14-12-6-3-5-10(12)8-16-9-11-4-1-2-7-13(11)15/h1-2,4,7,10,12,16H,3,5-6,8-9H2. The van der Waals surface area contributed by atoms with Gasteiger partial charge in [-0.25, -0.2) is 4.39 Å². The number of hydrogen-bond acceptors (Lipinski definition) is 1. The van der Waals surface area contributed by atoms with Crippen molar-refractivity contribution in [2.75, 3.05) is 6.54 Å². The normalized spacial score (nSPS) is 24.9. The van der Waals surface area contributed by atoms with E-state index in [2.05, 4.69) is 5.32 Å². The Bertz CT molecular complexity index is 342. The first kappa shape index (κ1) is 11.9. The summed E-state index contributed by atoms with van der Waals surface area (Å²) in [6.45, 7) is 1.48. The second kappa shape index (κ2) is 5.65. The van der Waals surface area contributed by atoms with E-state index in [1.54, 1.807) is 6.07 Å². The predicted octanol–water partition coefficient (Wildman–Crippen LogP) is 3.32.